The molecule has 0 unspecified atom stereocenters. The maximum Gasteiger partial charge on any atom is 0.231 e. The highest BCUT2D eigenvalue weighted by atomic mass is 19.1. The third-order valence-electron chi connectivity index (χ3n) is 3.12. The van der Waals surface area contributed by atoms with E-state index in [-0.39, 0.29) is 6.79 Å². The molecule has 0 atom stereocenters. The molecule has 1 aromatic carbocycles. The number of nitrogens with two attached hydrogens (primary N) is 1. The maximum atomic E-state index is 14.2. The Balaban J connectivity index is 2.24. The third-order valence-corrected chi connectivity index (χ3v) is 3.12. The summed E-state index contributed by atoms with van der Waals surface area (Å²) in [5.41, 5.74) is 6.20. The number of H-pyrrole nitrogens is 1. The number of benzene rings is 1. The van der Waals surface area contributed by atoms with E-state index in [2.05, 4.69) is 10.2 Å². The lowest BCUT2D eigenvalue weighted by atomic mass is 9.95. The molecule has 0 amide bonds. The highest BCUT2D eigenvalue weighted by molar-refractivity contribution is 5.81. The van der Waals surface area contributed by atoms with Crippen LogP contribution in [0.2, 0.25) is 0 Å². The van der Waals surface area contributed by atoms with E-state index in [0.29, 0.717) is 34.0 Å². The van der Waals surface area contributed by atoms with E-state index in [1.165, 1.54) is 13.8 Å². The zero-order valence-corrected chi connectivity index (χ0v) is 10.7. The fourth-order valence-corrected chi connectivity index (χ4v) is 2.06. The Kier molecular flexibility index (Phi) is 2.41. The monoisotopic (exact) mass is 263 g/mol. The molecule has 0 spiro atoms. The molecule has 0 bridgehead atoms. The molecule has 1 aliphatic rings. The molecular formula is C13H14FN3O2. The molecule has 3 N–H and O–H groups in total. The topological polar surface area (TPSA) is 73.2 Å². The summed E-state index contributed by atoms with van der Waals surface area (Å²) in [6.45, 7) is 3.11. The van der Waals surface area contributed by atoms with Gasteiger partial charge in [-0.2, -0.15) is 5.10 Å². The van der Waals surface area contributed by atoms with Gasteiger partial charge in [0, 0.05) is 11.1 Å². The highest BCUT2D eigenvalue weighted by Gasteiger charge is 2.27. The van der Waals surface area contributed by atoms with Crippen LogP contribution >= 0.6 is 0 Å². The molecule has 1 aromatic heterocycles. The minimum Gasteiger partial charge on any atom is -0.454 e. The first-order chi connectivity index (χ1) is 8.97. The summed E-state index contributed by atoms with van der Waals surface area (Å²) in [5, 5.41) is 6.53. The van der Waals surface area contributed by atoms with Crippen molar-refractivity contribution in [3.05, 3.63) is 23.9 Å². The quantitative estimate of drug-likeness (QED) is 0.873. The number of hydrogen-bond acceptors (Lipinski definition) is 4. The van der Waals surface area contributed by atoms with E-state index >= 15 is 0 Å². The largest absolute Gasteiger partial charge is 0.454 e. The van der Waals surface area contributed by atoms with Crippen LogP contribution in [0.3, 0.4) is 0 Å². The zero-order chi connectivity index (χ0) is 13.6. The second-order valence-corrected chi connectivity index (χ2v) is 4.93. The van der Waals surface area contributed by atoms with Crippen LogP contribution in [0.5, 0.6) is 11.5 Å². The van der Waals surface area contributed by atoms with Gasteiger partial charge >= 0.3 is 0 Å². The van der Waals surface area contributed by atoms with Gasteiger partial charge in [-0.3, -0.25) is 5.10 Å². The number of alkyl halides is 1. The lowest BCUT2D eigenvalue weighted by Gasteiger charge is -2.17. The predicted octanol–water partition coefficient (Wildman–Crippen LogP) is 2.59. The molecule has 0 radical (unpaired) electrons. The molecule has 5 nitrogen and oxygen atoms in total. The van der Waals surface area contributed by atoms with Crippen LogP contribution in [-0.4, -0.2) is 17.0 Å². The van der Waals surface area contributed by atoms with Gasteiger partial charge in [0.2, 0.25) is 6.79 Å². The van der Waals surface area contributed by atoms with Crippen molar-refractivity contribution in [2.24, 2.45) is 0 Å². The summed E-state index contributed by atoms with van der Waals surface area (Å²) in [4.78, 5) is 0. The van der Waals surface area contributed by atoms with Crippen molar-refractivity contribution in [1.29, 1.82) is 0 Å². The Labute approximate surface area is 109 Å². The second kappa shape index (κ2) is 3.88. The molecule has 0 saturated carbocycles. The van der Waals surface area contributed by atoms with Gasteiger partial charge in [0.05, 0.1) is 6.20 Å². The number of halogens is 1. The number of rotatable bonds is 2. The van der Waals surface area contributed by atoms with Crippen molar-refractivity contribution in [2.75, 3.05) is 12.5 Å². The van der Waals surface area contributed by atoms with Crippen LogP contribution in [0.4, 0.5) is 10.2 Å². The summed E-state index contributed by atoms with van der Waals surface area (Å²) >= 11 is 0. The van der Waals surface area contributed by atoms with Crippen molar-refractivity contribution in [3.63, 3.8) is 0 Å². The Morgan fingerprint density at radius 1 is 1.32 bits per heavy atom. The first kappa shape index (κ1) is 11.8. The third kappa shape index (κ3) is 1.89. The number of aromatic nitrogens is 2. The minimum atomic E-state index is -1.48. The zero-order valence-electron chi connectivity index (χ0n) is 10.7. The van der Waals surface area contributed by atoms with Gasteiger partial charge < -0.3 is 15.2 Å². The molecule has 0 saturated heterocycles. The van der Waals surface area contributed by atoms with Crippen LogP contribution in [0, 0.1) is 0 Å². The van der Waals surface area contributed by atoms with Crippen molar-refractivity contribution in [3.8, 4) is 22.6 Å². The van der Waals surface area contributed by atoms with Gasteiger partial charge in [-0.25, -0.2) is 4.39 Å². The first-order valence-electron chi connectivity index (χ1n) is 5.89. The van der Waals surface area contributed by atoms with Crippen molar-refractivity contribution < 1.29 is 13.9 Å². The molecule has 2 aromatic rings. The normalized spacial score (nSPS) is 13.8. The van der Waals surface area contributed by atoms with E-state index in [4.69, 9.17) is 15.2 Å². The molecule has 100 valence electrons. The van der Waals surface area contributed by atoms with Gasteiger partial charge in [0.15, 0.2) is 11.5 Å². The summed E-state index contributed by atoms with van der Waals surface area (Å²) in [6, 6.07) is 3.37. The van der Waals surface area contributed by atoms with Gasteiger partial charge in [-0.1, -0.05) is 0 Å². The number of nitrogens with one attached hydrogen (secondary N) is 1. The molecule has 6 heteroatoms. The van der Waals surface area contributed by atoms with Crippen LogP contribution < -0.4 is 15.2 Å². The molecule has 2 heterocycles. The van der Waals surface area contributed by atoms with Gasteiger partial charge in [0.25, 0.3) is 0 Å². The van der Waals surface area contributed by atoms with E-state index in [0.717, 1.165) is 0 Å². The summed E-state index contributed by atoms with van der Waals surface area (Å²) < 4.78 is 24.9. The Morgan fingerprint density at radius 2 is 2.11 bits per heavy atom. The van der Waals surface area contributed by atoms with Gasteiger partial charge in [-0.15, -0.1) is 0 Å². The number of aromatic amines is 1. The Hall–Kier alpha value is -2.24. The minimum absolute atomic E-state index is 0.121. The van der Waals surface area contributed by atoms with E-state index in [1.54, 1.807) is 18.3 Å². The SMILES string of the molecule is CC(C)(F)c1cc2c(c(-c3cn[nH]c3N)c1)OCO2. The van der Waals surface area contributed by atoms with E-state index in [1.807, 2.05) is 0 Å². The molecular weight excluding hydrogens is 249 g/mol. The van der Waals surface area contributed by atoms with Crippen molar-refractivity contribution in [1.82, 2.24) is 10.2 Å². The van der Waals surface area contributed by atoms with Crippen LogP contribution in [0.15, 0.2) is 18.3 Å². The van der Waals surface area contributed by atoms with Crippen LogP contribution in [0.25, 0.3) is 11.1 Å². The lowest BCUT2D eigenvalue weighted by molar-refractivity contribution is 0.173. The molecule has 0 aliphatic carbocycles. The summed E-state index contributed by atoms with van der Waals surface area (Å²) in [5.74, 6) is 1.51. The van der Waals surface area contributed by atoms with E-state index < -0.39 is 5.67 Å². The summed E-state index contributed by atoms with van der Waals surface area (Å²) in [7, 11) is 0. The Morgan fingerprint density at radius 3 is 2.74 bits per heavy atom. The molecule has 19 heavy (non-hydrogen) atoms. The average Bonchev–Trinajstić information content (AvgIpc) is 2.94. The number of fused-ring (bicyclic) bond motifs is 1. The number of anilines is 1. The number of nitrogen functional groups attached to an aromatic ring is 1. The van der Waals surface area contributed by atoms with Crippen molar-refractivity contribution in [2.45, 2.75) is 19.5 Å². The molecule has 3 rings (SSSR count). The molecule has 0 fully saturated rings. The summed E-state index contributed by atoms with van der Waals surface area (Å²) in [6.07, 6.45) is 1.58. The fraction of sp³-hybridized carbons (Fsp3) is 0.308. The highest BCUT2D eigenvalue weighted by Crippen LogP contribution is 2.45. The standard InChI is InChI=1S/C13H14FN3O2/c1-13(2,14)7-3-8(9-5-16-17-12(9)15)11-10(4-7)18-6-19-11/h3-5H,6H2,1-2H3,(H3,15,16,17). The number of ether oxygens (including phenoxy) is 2. The lowest BCUT2D eigenvalue weighted by Crippen LogP contribution is -2.09. The second-order valence-electron chi connectivity index (χ2n) is 4.93. The maximum absolute atomic E-state index is 14.2. The van der Waals surface area contributed by atoms with Crippen LogP contribution in [-0.2, 0) is 5.67 Å². The number of nitrogens with zero attached hydrogens (tertiary/aromatic N) is 1. The van der Waals surface area contributed by atoms with Crippen molar-refractivity contribution >= 4 is 5.82 Å². The van der Waals surface area contributed by atoms with Gasteiger partial charge in [-0.05, 0) is 31.5 Å². The smallest absolute Gasteiger partial charge is 0.231 e. The van der Waals surface area contributed by atoms with E-state index in [9.17, 15) is 4.39 Å². The van der Waals surface area contributed by atoms with Gasteiger partial charge in [0.1, 0.15) is 11.5 Å². The first-order valence-corrected chi connectivity index (χ1v) is 5.89. The Bertz CT molecular complexity index is 631. The molecule has 1 aliphatic heterocycles. The average molecular weight is 263 g/mol. The predicted molar refractivity (Wildman–Crippen MR) is 68.7 cm³/mol. The fourth-order valence-electron chi connectivity index (χ4n) is 2.06. The number of hydrogen-bond donors (Lipinski definition) is 2. The van der Waals surface area contributed by atoms with Crippen LogP contribution in [0.1, 0.15) is 19.4 Å².